The van der Waals surface area contributed by atoms with E-state index in [1.54, 1.807) is 0 Å². The van der Waals surface area contributed by atoms with Crippen LogP contribution in [0.4, 0.5) is 14.5 Å². The highest BCUT2D eigenvalue weighted by Gasteiger charge is 2.34. The molecule has 0 heterocycles. The Morgan fingerprint density at radius 1 is 0.846 bits per heavy atom. The molecule has 0 aromatic heterocycles. The number of amides is 2. The maximum absolute atomic E-state index is 13.9. The van der Waals surface area contributed by atoms with E-state index < -0.39 is 51.6 Å². The van der Waals surface area contributed by atoms with E-state index in [-0.39, 0.29) is 18.7 Å². The molecule has 3 rings (SSSR count). The number of hydrogen-bond donors (Lipinski definition) is 1. The molecule has 0 spiro atoms. The predicted molar refractivity (Wildman–Crippen MR) is 147 cm³/mol. The van der Waals surface area contributed by atoms with Gasteiger partial charge in [0.2, 0.25) is 21.8 Å². The molecule has 7 nitrogen and oxygen atoms in total. The van der Waals surface area contributed by atoms with Crippen LogP contribution in [0.2, 0.25) is 0 Å². The van der Waals surface area contributed by atoms with Gasteiger partial charge in [-0.05, 0) is 68.3 Å². The van der Waals surface area contributed by atoms with Gasteiger partial charge >= 0.3 is 0 Å². The number of carbonyl (C=O) groups excluding carboxylic acids is 2. The molecule has 0 aliphatic rings. The first-order valence-electron chi connectivity index (χ1n) is 12.4. The van der Waals surface area contributed by atoms with Crippen molar-refractivity contribution in [3.05, 3.63) is 102 Å². The number of benzene rings is 3. The van der Waals surface area contributed by atoms with Crippen molar-refractivity contribution in [3.63, 3.8) is 0 Å². The van der Waals surface area contributed by atoms with Crippen LogP contribution in [0.5, 0.6) is 0 Å². The second kappa shape index (κ2) is 12.4. The Morgan fingerprint density at radius 2 is 1.38 bits per heavy atom. The Bertz CT molecular complexity index is 1370. The Balaban J connectivity index is 2.06. The van der Waals surface area contributed by atoms with Gasteiger partial charge < -0.3 is 10.2 Å². The van der Waals surface area contributed by atoms with Crippen LogP contribution in [0.1, 0.15) is 31.9 Å². The SMILES string of the molecule is CC(C)(C)NC(=O)[C@@H](Cc1ccccc1)N(Cc1ccc(F)cc1)C(=O)CN(c1ccc(F)cc1)S(C)(=O)=O. The number of hydrogen-bond acceptors (Lipinski definition) is 4. The van der Waals surface area contributed by atoms with Gasteiger partial charge in [-0.3, -0.25) is 13.9 Å². The molecule has 3 aromatic carbocycles. The molecule has 0 radical (unpaired) electrons. The first-order chi connectivity index (χ1) is 18.2. The summed E-state index contributed by atoms with van der Waals surface area (Å²) < 4.78 is 53.4. The molecule has 0 aliphatic heterocycles. The molecule has 39 heavy (non-hydrogen) atoms. The van der Waals surface area contributed by atoms with Gasteiger partial charge in [-0.2, -0.15) is 0 Å². The summed E-state index contributed by atoms with van der Waals surface area (Å²) in [5.74, 6) is -2.09. The quantitative estimate of drug-likeness (QED) is 0.403. The minimum Gasteiger partial charge on any atom is -0.350 e. The van der Waals surface area contributed by atoms with Crippen LogP contribution < -0.4 is 9.62 Å². The lowest BCUT2D eigenvalue weighted by molar-refractivity contribution is -0.140. The van der Waals surface area contributed by atoms with E-state index in [1.165, 1.54) is 41.3 Å². The van der Waals surface area contributed by atoms with Gasteiger partial charge in [0.25, 0.3) is 0 Å². The summed E-state index contributed by atoms with van der Waals surface area (Å²) in [6.07, 6.45) is 1.10. The second-order valence-electron chi connectivity index (χ2n) is 10.3. The minimum atomic E-state index is -3.96. The fourth-order valence-corrected chi connectivity index (χ4v) is 4.86. The van der Waals surface area contributed by atoms with E-state index in [2.05, 4.69) is 5.32 Å². The zero-order valence-corrected chi connectivity index (χ0v) is 23.2. The smallest absolute Gasteiger partial charge is 0.244 e. The number of nitrogens with one attached hydrogen (secondary N) is 1. The lowest BCUT2D eigenvalue weighted by Crippen LogP contribution is -2.56. The topological polar surface area (TPSA) is 86.8 Å². The molecule has 10 heteroatoms. The maximum Gasteiger partial charge on any atom is 0.244 e. The standard InChI is InChI=1S/C29H33F2N3O4S/c1-29(2,3)32-28(36)26(18-21-8-6-5-7-9-21)33(19-22-10-12-23(30)13-11-22)27(35)20-34(39(4,37)38)25-16-14-24(31)15-17-25/h5-17,26H,18-20H2,1-4H3,(H,32,36)/t26-/m1/s1. The molecule has 1 atom stereocenters. The summed E-state index contributed by atoms with van der Waals surface area (Å²) in [6, 6.07) is 18.4. The molecule has 1 N–H and O–H groups in total. The van der Waals surface area contributed by atoms with Gasteiger partial charge in [-0.1, -0.05) is 42.5 Å². The van der Waals surface area contributed by atoms with Gasteiger partial charge in [0.15, 0.2) is 0 Å². The van der Waals surface area contributed by atoms with Crippen molar-refractivity contribution in [2.75, 3.05) is 17.1 Å². The van der Waals surface area contributed by atoms with Crippen LogP contribution in [0, 0.1) is 11.6 Å². The largest absolute Gasteiger partial charge is 0.350 e. The van der Waals surface area contributed by atoms with Crippen molar-refractivity contribution >= 4 is 27.5 Å². The van der Waals surface area contributed by atoms with Crippen LogP contribution >= 0.6 is 0 Å². The van der Waals surface area contributed by atoms with Crippen LogP contribution in [-0.4, -0.2) is 49.5 Å². The van der Waals surface area contributed by atoms with Crippen molar-refractivity contribution in [3.8, 4) is 0 Å². The molecular weight excluding hydrogens is 524 g/mol. The van der Waals surface area contributed by atoms with E-state index >= 15 is 0 Å². The van der Waals surface area contributed by atoms with Gasteiger partial charge in [0, 0.05) is 18.5 Å². The summed E-state index contributed by atoms with van der Waals surface area (Å²) in [4.78, 5) is 28.8. The van der Waals surface area contributed by atoms with Crippen LogP contribution in [0.15, 0.2) is 78.9 Å². The zero-order valence-electron chi connectivity index (χ0n) is 22.4. The Kier molecular flexibility index (Phi) is 9.45. The van der Waals surface area contributed by atoms with Crippen molar-refractivity contribution in [1.29, 1.82) is 0 Å². The van der Waals surface area contributed by atoms with Gasteiger partial charge in [-0.15, -0.1) is 0 Å². The van der Waals surface area contributed by atoms with Crippen LogP contribution in [0.3, 0.4) is 0 Å². The second-order valence-corrected chi connectivity index (χ2v) is 12.2. The molecule has 0 bridgehead atoms. The summed E-state index contributed by atoms with van der Waals surface area (Å²) in [7, 11) is -3.96. The Labute approximate surface area is 228 Å². The third-order valence-corrected chi connectivity index (χ3v) is 6.97. The van der Waals surface area contributed by atoms with Gasteiger partial charge in [0.1, 0.15) is 24.2 Å². The van der Waals surface area contributed by atoms with Crippen molar-refractivity contribution < 1.29 is 26.8 Å². The molecule has 0 aliphatic carbocycles. The normalized spacial score (nSPS) is 12.5. The summed E-state index contributed by atoms with van der Waals surface area (Å²) in [5.41, 5.74) is 0.845. The average Bonchev–Trinajstić information content (AvgIpc) is 2.85. The minimum absolute atomic E-state index is 0.0742. The van der Waals surface area contributed by atoms with Crippen molar-refractivity contribution in [2.45, 2.75) is 45.3 Å². The highest BCUT2D eigenvalue weighted by Crippen LogP contribution is 2.21. The number of carbonyl (C=O) groups is 2. The molecule has 3 aromatic rings. The van der Waals surface area contributed by atoms with E-state index in [0.29, 0.717) is 5.56 Å². The third kappa shape index (κ3) is 8.88. The van der Waals surface area contributed by atoms with Crippen molar-refractivity contribution in [1.82, 2.24) is 10.2 Å². The first kappa shape index (κ1) is 29.8. The molecule has 0 saturated heterocycles. The van der Waals surface area contributed by atoms with Gasteiger partial charge in [-0.25, -0.2) is 17.2 Å². The molecule has 2 amide bonds. The Morgan fingerprint density at radius 3 is 1.90 bits per heavy atom. The number of sulfonamides is 1. The zero-order chi connectivity index (χ0) is 28.8. The number of rotatable bonds is 10. The fourth-order valence-electron chi connectivity index (χ4n) is 4.01. The molecule has 0 fully saturated rings. The van der Waals surface area contributed by atoms with Crippen LogP contribution in [-0.2, 0) is 32.6 Å². The molecular formula is C29H33F2N3O4S. The summed E-state index contributed by atoms with van der Waals surface area (Å²) in [5, 5.41) is 2.92. The maximum atomic E-state index is 13.9. The van der Waals surface area contributed by atoms with E-state index in [0.717, 1.165) is 28.3 Å². The Hall–Kier alpha value is -3.79. The molecule has 0 saturated carbocycles. The first-order valence-corrected chi connectivity index (χ1v) is 14.2. The van der Waals surface area contributed by atoms with E-state index in [9.17, 15) is 26.8 Å². The lowest BCUT2D eigenvalue weighted by Gasteiger charge is -2.35. The molecule has 208 valence electrons. The highest BCUT2D eigenvalue weighted by molar-refractivity contribution is 7.92. The van der Waals surface area contributed by atoms with Crippen LogP contribution in [0.25, 0.3) is 0 Å². The monoisotopic (exact) mass is 557 g/mol. The average molecular weight is 558 g/mol. The highest BCUT2D eigenvalue weighted by atomic mass is 32.2. The van der Waals surface area contributed by atoms with Crippen molar-refractivity contribution in [2.24, 2.45) is 0 Å². The fraction of sp³-hybridized carbons (Fsp3) is 0.310. The van der Waals surface area contributed by atoms with E-state index in [4.69, 9.17) is 0 Å². The summed E-state index contributed by atoms with van der Waals surface area (Å²) in [6.45, 7) is 4.75. The van der Waals surface area contributed by atoms with E-state index in [1.807, 2.05) is 51.1 Å². The lowest BCUT2D eigenvalue weighted by atomic mass is 10.0. The number of nitrogens with zero attached hydrogens (tertiary/aromatic N) is 2. The summed E-state index contributed by atoms with van der Waals surface area (Å²) >= 11 is 0. The third-order valence-electron chi connectivity index (χ3n) is 5.83. The predicted octanol–water partition coefficient (Wildman–Crippen LogP) is 4.29. The number of anilines is 1. The number of halogens is 2. The van der Waals surface area contributed by atoms with Gasteiger partial charge in [0.05, 0.1) is 11.9 Å². The molecule has 0 unspecified atom stereocenters.